The first-order valence-corrected chi connectivity index (χ1v) is 7.33. The number of nitrogens with one attached hydrogen (secondary N) is 2. The second-order valence-electron chi connectivity index (χ2n) is 4.06. The van der Waals surface area contributed by atoms with Crippen LogP contribution >= 0.6 is 47.0 Å². The summed E-state index contributed by atoms with van der Waals surface area (Å²) in [4.78, 5) is 0. The molecule has 0 aliphatic carbocycles. The van der Waals surface area contributed by atoms with Crippen molar-refractivity contribution in [2.45, 2.75) is 6.54 Å². The van der Waals surface area contributed by atoms with Gasteiger partial charge in [0.05, 0.1) is 0 Å². The molecule has 0 aromatic heterocycles. The maximum Gasteiger partial charge on any atom is 0.171 e. The molecule has 0 radical (unpaired) electrons. The summed E-state index contributed by atoms with van der Waals surface area (Å²) >= 11 is 23.1. The first kappa shape index (κ1) is 15.4. The van der Waals surface area contributed by atoms with Crippen LogP contribution in [0.5, 0.6) is 0 Å². The van der Waals surface area contributed by atoms with Crippen molar-refractivity contribution in [2.24, 2.45) is 0 Å². The molecule has 0 unspecified atom stereocenters. The zero-order chi connectivity index (χ0) is 14.5. The smallest absolute Gasteiger partial charge is 0.171 e. The van der Waals surface area contributed by atoms with Gasteiger partial charge in [-0.2, -0.15) is 0 Å². The van der Waals surface area contributed by atoms with E-state index in [1.165, 1.54) is 0 Å². The quantitative estimate of drug-likeness (QED) is 0.754. The molecule has 0 bridgehead atoms. The van der Waals surface area contributed by atoms with Crippen LogP contribution in [-0.4, -0.2) is 5.11 Å². The lowest BCUT2D eigenvalue weighted by Crippen LogP contribution is -2.27. The van der Waals surface area contributed by atoms with Crippen molar-refractivity contribution in [1.82, 2.24) is 5.32 Å². The molecule has 6 heteroatoms. The maximum absolute atomic E-state index is 6.07. The van der Waals surface area contributed by atoms with Crippen LogP contribution in [0, 0.1) is 0 Å². The third-order valence-corrected chi connectivity index (χ3v) is 3.57. The molecule has 0 aliphatic heterocycles. The molecule has 104 valence electrons. The van der Waals surface area contributed by atoms with Gasteiger partial charge >= 0.3 is 0 Å². The van der Waals surface area contributed by atoms with Crippen LogP contribution in [0.4, 0.5) is 5.69 Å². The monoisotopic (exact) mass is 344 g/mol. The highest BCUT2D eigenvalue weighted by molar-refractivity contribution is 7.80. The largest absolute Gasteiger partial charge is 0.358 e. The van der Waals surface area contributed by atoms with Gasteiger partial charge in [-0.05, 0) is 42.0 Å². The standard InChI is InChI=1S/C14H11Cl3N2S/c15-10-5-11(16)7-12(6-10)19-14(20)18-8-9-3-1-2-4-13(9)17/h1-7H,8H2,(H2,18,19,20). The minimum Gasteiger partial charge on any atom is -0.358 e. The Morgan fingerprint density at radius 3 is 2.30 bits per heavy atom. The summed E-state index contributed by atoms with van der Waals surface area (Å²) < 4.78 is 0. The number of hydrogen-bond acceptors (Lipinski definition) is 1. The molecule has 0 fully saturated rings. The van der Waals surface area contributed by atoms with E-state index in [1.54, 1.807) is 18.2 Å². The topological polar surface area (TPSA) is 24.1 Å². The fourth-order valence-corrected chi connectivity index (χ4v) is 2.54. The van der Waals surface area contributed by atoms with Gasteiger partial charge in [0.25, 0.3) is 0 Å². The van der Waals surface area contributed by atoms with E-state index >= 15 is 0 Å². The van der Waals surface area contributed by atoms with Crippen LogP contribution < -0.4 is 10.6 Å². The molecule has 2 rings (SSSR count). The van der Waals surface area contributed by atoms with Crippen molar-refractivity contribution in [3.05, 3.63) is 63.1 Å². The molecule has 20 heavy (non-hydrogen) atoms. The van der Waals surface area contributed by atoms with Gasteiger partial charge in [-0.25, -0.2) is 0 Å². The predicted molar refractivity (Wildman–Crippen MR) is 91.0 cm³/mol. The average molecular weight is 346 g/mol. The average Bonchev–Trinajstić information content (AvgIpc) is 2.36. The second-order valence-corrected chi connectivity index (χ2v) is 5.75. The molecular formula is C14H11Cl3N2S. The summed E-state index contributed by atoms with van der Waals surface area (Å²) in [5, 5.41) is 8.38. The minimum absolute atomic E-state index is 0.475. The summed E-state index contributed by atoms with van der Waals surface area (Å²) in [5.74, 6) is 0. The van der Waals surface area contributed by atoms with Crippen molar-refractivity contribution in [3.63, 3.8) is 0 Å². The lowest BCUT2D eigenvalue weighted by atomic mass is 10.2. The fourth-order valence-electron chi connectivity index (χ4n) is 1.62. The first-order valence-electron chi connectivity index (χ1n) is 5.79. The van der Waals surface area contributed by atoms with E-state index in [-0.39, 0.29) is 0 Å². The number of thiocarbonyl (C=S) groups is 1. The molecule has 0 saturated carbocycles. The van der Waals surface area contributed by atoms with Crippen molar-refractivity contribution >= 4 is 57.8 Å². The summed E-state index contributed by atoms with van der Waals surface area (Å²) in [7, 11) is 0. The van der Waals surface area contributed by atoms with Gasteiger partial charge in [0.15, 0.2) is 5.11 Å². The molecule has 2 aromatic rings. The SMILES string of the molecule is S=C(NCc1ccccc1Cl)Nc1cc(Cl)cc(Cl)c1. The predicted octanol–water partition coefficient (Wildman–Crippen LogP) is 5.13. The van der Waals surface area contributed by atoms with E-state index in [0.29, 0.717) is 26.7 Å². The molecule has 0 amide bonds. The van der Waals surface area contributed by atoms with Crippen LogP contribution in [0.2, 0.25) is 15.1 Å². The zero-order valence-corrected chi connectivity index (χ0v) is 13.4. The van der Waals surface area contributed by atoms with Crippen molar-refractivity contribution in [3.8, 4) is 0 Å². The molecule has 2 aromatic carbocycles. The highest BCUT2D eigenvalue weighted by Gasteiger charge is 2.03. The van der Waals surface area contributed by atoms with Crippen LogP contribution in [-0.2, 0) is 6.54 Å². The molecule has 0 spiro atoms. The number of benzene rings is 2. The lowest BCUT2D eigenvalue weighted by Gasteiger charge is -2.12. The van der Waals surface area contributed by atoms with Crippen LogP contribution in [0.25, 0.3) is 0 Å². The number of rotatable bonds is 3. The Balaban J connectivity index is 1.94. The van der Waals surface area contributed by atoms with Gasteiger partial charge in [0, 0.05) is 27.3 Å². The van der Waals surface area contributed by atoms with Gasteiger partial charge in [0.1, 0.15) is 0 Å². The summed E-state index contributed by atoms with van der Waals surface area (Å²) in [5.41, 5.74) is 1.71. The fraction of sp³-hybridized carbons (Fsp3) is 0.0714. The molecule has 0 atom stereocenters. The van der Waals surface area contributed by atoms with E-state index in [4.69, 9.17) is 47.0 Å². The number of anilines is 1. The lowest BCUT2D eigenvalue weighted by molar-refractivity contribution is 0.926. The number of hydrogen-bond donors (Lipinski definition) is 2. The summed E-state index contributed by atoms with van der Waals surface area (Å²) in [6.07, 6.45) is 0. The normalized spacial score (nSPS) is 10.2. The Hall–Kier alpha value is -1.000. The molecule has 2 N–H and O–H groups in total. The van der Waals surface area contributed by atoms with E-state index in [0.717, 1.165) is 11.3 Å². The van der Waals surface area contributed by atoms with E-state index < -0.39 is 0 Å². The van der Waals surface area contributed by atoms with E-state index in [2.05, 4.69) is 10.6 Å². The van der Waals surface area contributed by atoms with E-state index in [9.17, 15) is 0 Å². The van der Waals surface area contributed by atoms with Gasteiger partial charge in [-0.15, -0.1) is 0 Å². The van der Waals surface area contributed by atoms with Crippen molar-refractivity contribution in [1.29, 1.82) is 0 Å². The van der Waals surface area contributed by atoms with Crippen LogP contribution in [0.1, 0.15) is 5.56 Å². The van der Waals surface area contributed by atoms with Crippen LogP contribution in [0.15, 0.2) is 42.5 Å². The van der Waals surface area contributed by atoms with Gasteiger partial charge in [0.2, 0.25) is 0 Å². The molecule has 0 heterocycles. The van der Waals surface area contributed by atoms with Crippen molar-refractivity contribution < 1.29 is 0 Å². The Bertz CT molecular complexity index is 611. The third-order valence-electron chi connectivity index (χ3n) is 2.52. The highest BCUT2D eigenvalue weighted by atomic mass is 35.5. The Morgan fingerprint density at radius 2 is 1.65 bits per heavy atom. The van der Waals surface area contributed by atoms with Crippen LogP contribution in [0.3, 0.4) is 0 Å². The minimum atomic E-state index is 0.475. The molecule has 2 nitrogen and oxygen atoms in total. The van der Waals surface area contributed by atoms with Gasteiger partial charge < -0.3 is 10.6 Å². The Kier molecular flexibility index (Phi) is 5.49. The molecule has 0 saturated heterocycles. The first-order chi connectivity index (χ1) is 9.54. The summed E-state index contributed by atoms with van der Waals surface area (Å²) in [6.45, 7) is 0.541. The molecular weight excluding hydrogens is 335 g/mol. The maximum atomic E-state index is 6.07. The van der Waals surface area contributed by atoms with E-state index in [1.807, 2.05) is 24.3 Å². The zero-order valence-electron chi connectivity index (χ0n) is 10.3. The highest BCUT2D eigenvalue weighted by Crippen LogP contribution is 2.22. The number of halogens is 3. The Morgan fingerprint density at radius 1 is 1.00 bits per heavy atom. The summed E-state index contributed by atoms with van der Waals surface area (Å²) in [6, 6.07) is 12.7. The molecule has 0 aliphatic rings. The van der Waals surface area contributed by atoms with Gasteiger partial charge in [-0.3, -0.25) is 0 Å². The second kappa shape index (κ2) is 7.14. The van der Waals surface area contributed by atoms with Crippen molar-refractivity contribution in [2.75, 3.05) is 5.32 Å². The van der Waals surface area contributed by atoms with Gasteiger partial charge in [-0.1, -0.05) is 53.0 Å². The Labute approximate surface area is 138 Å². The third kappa shape index (κ3) is 4.53.